The number of hydrogen-bond donors (Lipinski definition) is 0. The van der Waals surface area contributed by atoms with Gasteiger partial charge in [0.2, 0.25) is 5.91 Å². The average Bonchev–Trinajstić information content (AvgIpc) is 2.68. The lowest BCUT2D eigenvalue weighted by Crippen LogP contribution is -2.30. The van der Waals surface area contributed by atoms with E-state index in [-0.39, 0.29) is 18.2 Å². The number of rotatable bonds is 3. The van der Waals surface area contributed by atoms with Gasteiger partial charge >= 0.3 is 0 Å². The van der Waals surface area contributed by atoms with Crippen molar-refractivity contribution in [3.8, 4) is 0 Å². The number of Topliss-reactive ketones (excluding diaryl/α,β-unsaturated/α-hetero) is 1. The molecule has 0 saturated carbocycles. The van der Waals surface area contributed by atoms with Gasteiger partial charge in [-0.25, -0.2) is 0 Å². The summed E-state index contributed by atoms with van der Waals surface area (Å²) in [6.07, 6.45) is 1.34. The van der Waals surface area contributed by atoms with Crippen molar-refractivity contribution >= 4 is 34.9 Å². The SMILES string of the molecule is O=C(CN1CCCC1=O)c1cc(Cl)ccc1Cl. The lowest BCUT2D eigenvalue weighted by atomic mass is 10.1. The van der Waals surface area contributed by atoms with Crippen molar-refractivity contribution in [1.82, 2.24) is 4.90 Å². The fourth-order valence-corrected chi connectivity index (χ4v) is 2.24. The smallest absolute Gasteiger partial charge is 0.223 e. The Balaban J connectivity index is 2.14. The molecule has 0 spiro atoms. The highest BCUT2D eigenvalue weighted by atomic mass is 35.5. The summed E-state index contributed by atoms with van der Waals surface area (Å²) in [6.45, 7) is 0.724. The van der Waals surface area contributed by atoms with Gasteiger partial charge in [-0.2, -0.15) is 0 Å². The van der Waals surface area contributed by atoms with Crippen molar-refractivity contribution in [2.24, 2.45) is 0 Å². The van der Waals surface area contributed by atoms with E-state index in [0.29, 0.717) is 28.6 Å². The maximum atomic E-state index is 12.0. The minimum Gasteiger partial charge on any atom is -0.335 e. The molecule has 1 saturated heterocycles. The summed E-state index contributed by atoms with van der Waals surface area (Å²) in [5.41, 5.74) is 0.374. The molecule has 0 unspecified atom stereocenters. The molecule has 0 aliphatic carbocycles. The van der Waals surface area contributed by atoms with Crippen molar-refractivity contribution in [3.63, 3.8) is 0 Å². The molecule has 1 aliphatic rings. The van der Waals surface area contributed by atoms with Crippen LogP contribution in [0, 0.1) is 0 Å². The van der Waals surface area contributed by atoms with Crippen LogP contribution in [0.5, 0.6) is 0 Å². The first-order valence-corrected chi connectivity index (χ1v) is 6.09. The van der Waals surface area contributed by atoms with E-state index < -0.39 is 0 Å². The van der Waals surface area contributed by atoms with E-state index in [9.17, 15) is 9.59 Å². The van der Waals surface area contributed by atoms with Gasteiger partial charge < -0.3 is 4.90 Å². The van der Waals surface area contributed by atoms with Crippen LogP contribution in [0.25, 0.3) is 0 Å². The van der Waals surface area contributed by atoms with Gasteiger partial charge in [0, 0.05) is 23.6 Å². The molecule has 0 bridgehead atoms. The van der Waals surface area contributed by atoms with Crippen LogP contribution in [0.15, 0.2) is 18.2 Å². The summed E-state index contributed by atoms with van der Waals surface area (Å²) in [5, 5.41) is 0.830. The Bertz CT molecular complexity index is 474. The molecule has 2 rings (SSSR count). The number of likely N-dealkylation sites (tertiary alicyclic amines) is 1. The first-order valence-electron chi connectivity index (χ1n) is 5.34. The highest BCUT2D eigenvalue weighted by Gasteiger charge is 2.23. The van der Waals surface area contributed by atoms with Crippen LogP contribution in [0.2, 0.25) is 10.0 Å². The zero-order chi connectivity index (χ0) is 12.4. The third-order valence-electron chi connectivity index (χ3n) is 2.73. The maximum absolute atomic E-state index is 12.0. The number of halogens is 2. The van der Waals surface area contributed by atoms with Gasteiger partial charge in [-0.05, 0) is 24.6 Å². The summed E-state index contributed by atoms with van der Waals surface area (Å²) in [4.78, 5) is 24.9. The molecule has 5 heteroatoms. The Morgan fingerprint density at radius 3 is 2.76 bits per heavy atom. The van der Waals surface area contributed by atoms with E-state index in [1.807, 2.05) is 0 Å². The number of benzene rings is 1. The van der Waals surface area contributed by atoms with E-state index in [1.54, 1.807) is 17.0 Å². The standard InChI is InChI=1S/C12H11Cl2NO2/c13-8-3-4-10(14)9(6-8)11(16)7-15-5-1-2-12(15)17/h3-4,6H,1-2,5,7H2. The molecule has 90 valence electrons. The van der Waals surface area contributed by atoms with Crippen molar-refractivity contribution in [3.05, 3.63) is 33.8 Å². The maximum Gasteiger partial charge on any atom is 0.223 e. The average molecular weight is 272 g/mol. The molecule has 3 nitrogen and oxygen atoms in total. The molecule has 1 amide bonds. The zero-order valence-corrected chi connectivity index (χ0v) is 10.6. The second-order valence-electron chi connectivity index (χ2n) is 3.97. The van der Waals surface area contributed by atoms with Gasteiger partial charge in [0.1, 0.15) is 0 Å². The van der Waals surface area contributed by atoms with Crippen LogP contribution >= 0.6 is 23.2 Å². The second-order valence-corrected chi connectivity index (χ2v) is 4.81. The molecule has 1 heterocycles. The van der Waals surface area contributed by atoms with E-state index >= 15 is 0 Å². The third kappa shape index (κ3) is 2.79. The van der Waals surface area contributed by atoms with Gasteiger partial charge in [-0.15, -0.1) is 0 Å². The largest absolute Gasteiger partial charge is 0.335 e. The molecule has 0 N–H and O–H groups in total. The molecular weight excluding hydrogens is 261 g/mol. The van der Waals surface area contributed by atoms with Crippen molar-refractivity contribution < 1.29 is 9.59 Å². The normalized spacial score (nSPS) is 15.4. The molecule has 1 aromatic rings. The Morgan fingerprint density at radius 2 is 2.12 bits per heavy atom. The summed E-state index contributed by atoms with van der Waals surface area (Å²) >= 11 is 11.7. The summed E-state index contributed by atoms with van der Waals surface area (Å²) < 4.78 is 0. The predicted molar refractivity (Wildman–Crippen MR) is 66.6 cm³/mol. The topological polar surface area (TPSA) is 37.4 Å². The zero-order valence-electron chi connectivity index (χ0n) is 9.08. The monoisotopic (exact) mass is 271 g/mol. The van der Waals surface area contributed by atoms with Crippen LogP contribution < -0.4 is 0 Å². The van der Waals surface area contributed by atoms with E-state index in [0.717, 1.165) is 6.42 Å². The highest BCUT2D eigenvalue weighted by Crippen LogP contribution is 2.22. The molecule has 1 aliphatic heterocycles. The van der Waals surface area contributed by atoms with Gasteiger partial charge in [0.05, 0.1) is 11.6 Å². The molecule has 1 aromatic carbocycles. The lowest BCUT2D eigenvalue weighted by molar-refractivity contribution is -0.127. The third-order valence-corrected chi connectivity index (χ3v) is 3.30. The number of amides is 1. The summed E-state index contributed by atoms with van der Waals surface area (Å²) in [6, 6.07) is 4.75. The van der Waals surface area contributed by atoms with Crippen molar-refractivity contribution in [2.45, 2.75) is 12.8 Å². The van der Waals surface area contributed by atoms with Crippen LogP contribution in [0.1, 0.15) is 23.2 Å². The number of carbonyl (C=O) groups excluding carboxylic acids is 2. The van der Waals surface area contributed by atoms with Gasteiger partial charge in [0.25, 0.3) is 0 Å². The Kier molecular flexibility index (Phi) is 3.69. The van der Waals surface area contributed by atoms with Gasteiger partial charge in [0.15, 0.2) is 5.78 Å². The Hall–Kier alpha value is -1.06. The molecule has 17 heavy (non-hydrogen) atoms. The van der Waals surface area contributed by atoms with Crippen molar-refractivity contribution in [1.29, 1.82) is 0 Å². The minimum atomic E-state index is -0.173. The van der Waals surface area contributed by atoms with Gasteiger partial charge in [-0.1, -0.05) is 23.2 Å². The predicted octanol–water partition coefficient (Wildman–Crippen LogP) is 2.80. The van der Waals surface area contributed by atoms with Crippen LogP contribution in [-0.4, -0.2) is 29.7 Å². The van der Waals surface area contributed by atoms with Crippen LogP contribution in [0.3, 0.4) is 0 Å². The van der Waals surface area contributed by atoms with E-state index in [2.05, 4.69) is 0 Å². The fraction of sp³-hybridized carbons (Fsp3) is 0.333. The minimum absolute atomic E-state index is 0.0245. The highest BCUT2D eigenvalue weighted by molar-refractivity contribution is 6.36. The molecule has 1 fully saturated rings. The first-order chi connectivity index (χ1) is 8.08. The lowest BCUT2D eigenvalue weighted by Gasteiger charge is -2.14. The van der Waals surface area contributed by atoms with Gasteiger partial charge in [-0.3, -0.25) is 9.59 Å². The van der Waals surface area contributed by atoms with Crippen LogP contribution in [-0.2, 0) is 4.79 Å². The summed E-state index contributed by atoms with van der Waals surface area (Å²) in [7, 11) is 0. The quantitative estimate of drug-likeness (QED) is 0.793. The fourth-order valence-electron chi connectivity index (χ4n) is 1.84. The summed E-state index contributed by atoms with van der Waals surface area (Å²) in [5.74, 6) is -0.149. The second kappa shape index (κ2) is 5.07. The number of nitrogens with zero attached hydrogens (tertiary/aromatic N) is 1. The molecule has 0 atom stereocenters. The first kappa shape index (κ1) is 12.4. The Morgan fingerprint density at radius 1 is 1.35 bits per heavy atom. The molecule has 0 aromatic heterocycles. The van der Waals surface area contributed by atoms with Crippen molar-refractivity contribution in [2.75, 3.05) is 13.1 Å². The number of carbonyl (C=O) groups is 2. The number of ketones is 1. The number of hydrogen-bond acceptors (Lipinski definition) is 2. The molecular formula is C12H11Cl2NO2. The molecule has 0 radical (unpaired) electrons. The van der Waals surface area contributed by atoms with E-state index in [1.165, 1.54) is 6.07 Å². The van der Waals surface area contributed by atoms with E-state index in [4.69, 9.17) is 23.2 Å². The Labute approximate surface area is 109 Å². The van der Waals surface area contributed by atoms with Crippen LogP contribution in [0.4, 0.5) is 0 Å².